The fraction of sp³-hybridized carbons (Fsp3) is 0.312. The summed E-state index contributed by atoms with van der Waals surface area (Å²) in [5, 5.41) is 4.29. The first-order valence-electron chi connectivity index (χ1n) is 6.68. The normalized spacial score (nSPS) is 12.3. The number of hydrogen-bond donors (Lipinski definition) is 1. The summed E-state index contributed by atoms with van der Waals surface area (Å²) in [6.45, 7) is 3.10. The Bertz CT molecular complexity index is 499. The first-order valence-corrected chi connectivity index (χ1v) is 7.05. The molecule has 100 valence electrons. The first-order chi connectivity index (χ1) is 9.31. The second-order valence-electron chi connectivity index (χ2n) is 4.53. The van der Waals surface area contributed by atoms with Gasteiger partial charge in [-0.3, -0.25) is 4.98 Å². The van der Waals surface area contributed by atoms with E-state index in [1.165, 1.54) is 5.56 Å². The molecule has 0 saturated heterocycles. The van der Waals surface area contributed by atoms with Crippen molar-refractivity contribution in [1.82, 2.24) is 10.3 Å². The molecule has 0 amide bonds. The van der Waals surface area contributed by atoms with Crippen molar-refractivity contribution in [3.63, 3.8) is 0 Å². The molecule has 1 aromatic heterocycles. The Morgan fingerprint density at radius 1 is 1.21 bits per heavy atom. The summed E-state index contributed by atoms with van der Waals surface area (Å²) in [4.78, 5) is 4.02. The molecule has 1 unspecified atom stereocenters. The number of rotatable bonds is 6. The molecule has 0 spiro atoms. The van der Waals surface area contributed by atoms with Gasteiger partial charge in [-0.25, -0.2) is 0 Å². The minimum absolute atomic E-state index is 0.371. The lowest BCUT2D eigenvalue weighted by molar-refractivity contribution is 0.515. The summed E-state index contributed by atoms with van der Waals surface area (Å²) in [6.07, 6.45) is 5.49. The molecule has 0 saturated carbocycles. The minimum atomic E-state index is 0.371. The lowest BCUT2D eigenvalue weighted by atomic mass is 9.99. The molecule has 1 N–H and O–H groups in total. The Morgan fingerprint density at radius 3 is 2.68 bits per heavy atom. The molecule has 1 heterocycles. The second kappa shape index (κ2) is 7.27. The van der Waals surface area contributed by atoms with E-state index in [9.17, 15) is 0 Å². The van der Waals surface area contributed by atoms with Crippen LogP contribution >= 0.6 is 11.6 Å². The number of aromatic nitrogens is 1. The Labute approximate surface area is 119 Å². The SMILES string of the molecule is CCNC(CCc1ccncc1Cl)c1ccccc1. The number of nitrogens with one attached hydrogen (secondary N) is 1. The maximum Gasteiger partial charge on any atom is 0.0621 e. The summed E-state index contributed by atoms with van der Waals surface area (Å²) in [5.74, 6) is 0. The Morgan fingerprint density at radius 2 is 2.00 bits per heavy atom. The highest BCUT2D eigenvalue weighted by molar-refractivity contribution is 6.31. The molecular weight excluding hydrogens is 256 g/mol. The first kappa shape index (κ1) is 14.0. The number of hydrogen-bond acceptors (Lipinski definition) is 2. The van der Waals surface area contributed by atoms with Gasteiger partial charge < -0.3 is 5.32 Å². The molecule has 0 aliphatic carbocycles. The molecule has 0 radical (unpaired) electrons. The molecule has 2 nitrogen and oxygen atoms in total. The van der Waals surface area contributed by atoms with Crippen molar-refractivity contribution in [3.05, 3.63) is 64.9 Å². The van der Waals surface area contributed by atoms with E-state index in [1.807, 2.05) is 12.1 Å². The van der Waals surface area contributed by atoms with Crippen molar-refractivity contribution in [1.29, 1.82) is 0 Å². The van der Waals surface area contributed by atoms with Gasteiger partial charge in [-0.1, -0.05) is 48.9 Å². The maximum absolute atomic E-state index is 6.15. The third kappa shape index (κ3) is 4.05. The molecule has 1 aromatic carbocycles. The lowest BCUT2D eigenvalue weighted by Gasteiger charge is -2.18. The minimum Gasteiger partial charge on any atom is -0.310 e. The summed E-state index contributed by atoms with van der Waals surface area (Å²) >= 11 is 6.15. The molecule has 0 fully saturated rings. The average Bonchev–Trinajstić information content (AvgIpc) is 2.46. The Balaban J connectivity index is 2.04. The Hall–Kier alpha value is -1.38. The van der Waals surface area contributed by atoms with Gasteiger partial charge in [0.2, 0.25) is 0 Å². The van der Waals surface area contributed by atoms with Crippen LogP contribution in [0, 0.1) is 0 Å². The fourth-order valence-electron chi connectivity index (χ4n) is 2.22. The van der Waals surface area contributed by atoms with Crippen LogP contribution in [0.2, 0.25) is 5.02 Å². The third-order valence-electron chi connectivity index (χ3n) is 3.21. The molecule has 2 rings (SSSR count). The molecule has 2 aromatic rings. The second-order valence-corrected chi connectivity index (χ2v) is 4.93. The van der Waals surface area contributed by atoms with Crippen LogP contribution < -0.4 is 5.32 Å². The zero-order valence-corrected chi connectivity index (χ0v) is 11.9. The van der Waals surface area contributed by atoms with E-state index < -0.39 is 0 Å². The molecule has 0 aliphatic heterocycles. The molecule has 3 heteroatoms. The van der Waals surface area contributed by atoms with Gasteiger partial charge in [-0.2, -0.15) is 0 Å². The van der Waals surface area contributed by atoms with Gasteiger partial charge in [0.05, 0.1) is 5.02 Å². The van der Waals surface area contributed by atoms with E-state index in [0.717, 1.165) is 30.0 Å². The zero-order valence-electron chi connectivity index (χ0n) is 11.1. The van der Waals surface area contributed by atoms with Crippen molar-refractivity contribution in [2.24, 2.45) is 0 Å². The monoisotopic (exact) mass is 274 g/mol. The van der Waals surface area contributed by atoms with E-state index in [2.05, 4.69) is 41.5 Å². The highest BCUT2D eigenvalue weighted by atomic mass is 35.5. The van der Waals surface area contributed by atoms with E-state index in [4.69, 9.17) is 11.6 Å². The van der Waals surface area contributed by atoms with Crippen molar-refractivity contribution >= 4 is 11.6 Å². The standard InChI is InChI=1S/C16H19ClN2/c1-2-19-16(14-6-4-3-5-7-14)9-8-13-10-11-18-12-15(13)17/h3-7,10-12,16,19H,2,8-9H2,1H3. The van der Waals surface area contributed by atoms with E-state index in [-0.39, 0.29) is 0 Å². The smallest absolute Gasteiger partial charge is 0.0621 e. The van der Waals surface area contributed by atoms with Gasteiger partial charge >= 0.3 is 0 Å². The predicted molar refractivity (Wildman–Crippen MR) is 80.4 cm³/mol. The van der Waals surface area contributed by atoms with Gasteiger partial charge in [-0.15, -0.1) is 0 Å². The van der Waals surface area contributed by atoms with Crippen molar-refractivity contribution in [2.75, 3.05) is 6.54 Å². The third-order valence-corrected chi connectivity index (χ3v) is 3.55. The zero-order chi connectivity index (χ0) is 13.5. The van der Waals surface area contributed by atoms with Crippen LogP contribution in [0.15, 0.2) is 48.8 Å². The number of aryl methyl sites for hydroxylation is 1. The van der Waals surface area contributed by atoms with Crippen molar-refractivity contribution in [2.45, 2.75) is 25.8 Å². The predicted octanol–water partition coefficient (Wildman–Crippen LogP) is 4.02. The molecule has 0 bridgehead atoms. The molecular formula is C16H19ClN2. The van der Waals surface area contributed by atoms with E-state index in [1.54, 1.807) is 12.4 Å². The summed E-state index contributed by atoms with van der Waals surface area (Å²) in [6, 6.07) is 12.9. The number of benzene rings is 1. The summed E-state index contributed by atoms with van der Waals surface area (Å²) in [5.41, 5.74) is 2.49. The quantitative estimate of drug-likeness (QED) is 0.861. The maximum atomic E-state index is 6.15. The van der Waals surface area contributed by atoms with Crippen molar-refractivity contribution < 1.29 is 0 Å². The molecule has 1 atom stereocenters. The van der Waals surface area contributed by atoms with Crippen LogP contribution in [0.1, 0.15) is 30.5 Å². The number of pyridine rings is 1. The number of halogens is 1. The topological polar surface area (TPSA) is 24.9 Å². The van der Waals surface area contributed by atoms with Gasteiger partial charge in [0.25, 0.3) is 0 Å². The van der Waals surface area contributed by atoms with Gasteiger partial charge in [0, 0.05) is 18.4 Å². The number of nitrogens with zero attached hydrogens (tertiary/aromatic N) is 1. The highest BCUT2D eigenvalue weighted by Gasteiger charge is 2.10. The van der Waals surface area contributed by atoms with Gasteiger partial charge in [0.1, 0.15) is 0 Å². The van der Waals surface area contributed by atoms with Gasteiger partial charge in [0.15, 0.2) is 0 Å². The van der Waals surface area contributed by atoms with Crippen LogP contribution in [0.3, 0.4) is 0 Å². The summed E-state index contributed by atoms with van der Waals surface area (Å²) < 4.78 is 0. The van der Waals surface area contributed by atoms with Crippen LogP contribution in [0.5, 0.6) is 0 Å². The van der Waals surface area contributed by atoms with E-state index >= 15 is 0 Å². The molecule has 19 heavy (non-hydrogen) atoms. The van der Waals surface area contributed by atoms with Crippen LogP contribution in [0.4, 0.5) is 0 Å². The van der Waals surface area contributed by atoms with Crippen molar-refractivity contribution in [3.8, 4) is 0 Å². The van der Waals surface area contributed by atoms with Crippen LogP contribution in [-0.2, 0) is 6.42 Å². The van der Waals surface area contributed by atoms with E-state index in [0.29, 0.717) is 6.04 Å². The largest absolute Gasteiger partial charge is 0.310 e. The average molecular weight is 275 g/mol. The lowest BCUT2D eigenvalue weighted by Crippen LogP contribution is -2.21. The van der Waals surface area contributed by atoms with Crippen LogP contribution in [-0.4, -0.2) is 11.5 Å². The van der Waals surface area contributed by atoms with Crippen LogP contribution in [0.25, 0.3) is 0 Å². The molecule has 0 aliphatic rings. The summed E-state index contributed by atoms with van der Waals surface area (Å²) in [7, 11) is 0. The van der Waals surface area contributed by atoms with Gasteiger partial charge in [-0.05, 0) is 36.6 Å². The Kier molecular flexibility index (Phi) is 5.37. The fourth-order valence-corrected chi connectivity index (χ4v) is 2.44. The highest BCUT2D eigenvalue weighted by Crippen LogP contribution is 2.22.